The predicted molar refractivity (Wildman–Crippen MR) is 83.1 cm³/mol. The van der Waals surface area contributed by atoms with Gasteiger partial charge in [0, 0.05) is 12.5 Å². The molecule has 1 heterocycles. The molecular weight excluding hydrogens is 260 g/mol. The molecule has 0 aliphatic carbocycles. The van der Waals surface area contributed by atoms with E-state index in [1.165, 1.54) is 6.92 Å². The SMILES string of the molecule is CC(=O)c1nc2ccccc2n1CC#Cc1ccccc1. The molecule has 1 aromatic heterocycles. The molecule has 102 valence electrons. The maximum absolute atomic E-state index is 11.7. The van der Waals surface area contributed by atoms with Gasteiger partial charge < -0.3 is 4.57 Å². The Bertz CT molecular complexity index is 851. The molecule has 0 unspecified atom stereocenters. The highest BCUT2D eigenvalue weighted by atomic mass is 16.1. The predicted octanol–water partition coefficient (Wildman–Crippen LogP) is 3.29. The molecular formula is C18H14N2O. The van der Waals surface area contributed by atoms with Gasteiger partial charge in [-0.1, -0.05) is 42.2 Å². The average Bonchev–Trinajstić information content (AvgIpc) is 2.88. The van der Waals surface area contributed by atoms with Gasteiger partial charge >= 0.3 is 0 Å². The van der Waals surface area contributed by atoms with Gasteiger partial charge in [0.2, 0.25) is 0 Å². The Labute approximate surface area is 123 Å². The highest BCUT2D eigenvalue weighted by Gasteiger charge is 2.12. The first kappa shape index (κ1) is 13.1. The molecule has 0 fully saturated rings. The van der Waals surface area contributed by atoms with Crippen molar-refractivity contribution in [2.75, 3.05) is 0 Å². The van der Waals surface area contributed by atoms with Crippen LogP contribution in [-0.4, -0.2) is 15.3 Å². The topological polar surface area (TPSA) is 34.9 Å². The second kappa shape index (κ2) is 5.64. The van der Waals surface area contributed by atoms with Crippen molar-refractivity contribution >= 4 is 16.8 Å². The van der Waals surface area contributed by atoms with Crippen molar-refractivity contribution in [3.63, 3.8) is 0 Å². The summed E-state index contributed by atoms with van der Waals surface area (Å²) in [7, 11) is 0. The van der Waals surface area contributed by atoms with E-state index in [2.05, 4.69) is 16.8 Å². The van der Waals surface area contributed by atoms with Gasteiger partial charge in [-0.25, -0.2) is 4.98 Å². The molecule has 0 aliphatic rings. The van der Waals surface area contributed by atoms with Gasteiger partial charge in [-0.05, 0) is 24.3 Å². The lowest BCUT2D eigenvalue weighted by Gasteiger charge is -2.01. The average molecular weight is 274 g/mol. The standard InChI is InChI=1S/C18H14N2O/c1-14(21)18-19-16-11-5-6-12-17(16)20(18)13-7-10-15-8-3-2-4-9-15/h2-6,8-9,11-12H,13H2,1H3. The van der Waals surface area contributed by atoms with Crippen molar-refractivity contribution in [1.29, 1.82) is 0 Å². The first-order valence-electron chi connectivity index (χ1n) is 6.76. The molecule has 0 aliphatic heterocycles. The molecule has 21 heavy (non-hydrogen) atoms. The first-order chi connectivity index (χ1) is 10.3. The van der Waals surface area contributed by atoms with E-state index in [0.717, 1.165) is 16.6 Å². The van der Waals surface area contributed by atoms with E-state index in [4.69, 9.17) is 0 Å². The Morgan fingerprint density at radius 3 is 2.57 bits per heavy atom. The number of ketones is 1. The van der Waals surface area contributed by atoms with E-state index in [1.807, 2.05) is 59.2 Å². The lowest BCUT2D eigenvalue weighted by Crippen LogP contribution is -2.06. The van der Waals surface area contributed by atoms with Crippen LogP contribution in [0.1, 0.15) is 23.1 Å². The highest BCUT2D eigenvalue weighted by molar-refractivity contribution is 5.94. The monoisotopic (exact) mass is 274 g/mol. The van der Waals surface area contributed by atoms with Crippen LogP contribution in [0, 0.1) is 11.8 Å². The van der Waals surface area contributed by atoms with E-state index < -0.39 is 0 Å². The van der Waals surface area contributed by atoms with Crippen LogP contribution < -0.4 is 0 Å². The van der Waals surface area contributed by atoms with Gasteiger partial charge in [0.1, 0.15) is 0 Å². The van der Waals surface area contributed by atoms with Crippen molar-refractivity contribution in [2.24, 2.45) is 0 Å². The number of nitrogens with zero attached hydrogens (tertiary/aromatic N) is 2. The zero-order valence-corrected chi connectivity index (χ0v) is 11.7. The van der Waals surface area contributed by atoms with Crippen molar-refractivity contribution in [3.05, 3.63) is 66.0 Å². The van der Waals surface area contributed by atoms with Gasteiger partial charge in [-0.2, -0.15) is 0 Å². The molecule has 2 aromatic carbocycles. The summed E-state index contributed by atoms with van der Waals surface area (Å²) < 4.78 is 1.87. The van der Waals surface area contributed by atoms with Crippen molar-refractivity contribution in [1.82, 2.24) is 9.55 Å². The molecule has 0 saturated heterocycles. The number of aromatic nitrogens is 2. The fraction of sp³-hybridized carbons (Fsp3) is 0.111. The molecule has 0 spiro atoms. The molecule has 0 N–H and O–H groups in total. The zero-order chi connectivity index (χ0) is 14.7. The minimum absolute atomic E-state index is 0.0484. The lowest BCUT2D eigenvalue weighted by atomic mass is 10.2. The van der Waals surface area contributed by atoms with E-state index in [0.29, 0.717) is 12.4 Å². The third-order valence-corrected chi connectivity index (χ3v) is 3.21. The van der Waals surface area contributed by atoms with E-state index in [9.17, 15) is 4.79 Å². The van der Waals surface area contributed by atoms with Gasteiger partial charge in [0.05, 0.1) is 17.6 Å². The maximum atomic E-state index is 11.7. The lowest BCUT2D eigenvalue weighted by molar-refractivity contribution is 0.100. The molecule has 0 saturated carbocycles. The van der Waals surface area contributed by atoms with Crippen molar-refractivity contribution in [2.45, 2.75) is 13.5 Å². The molecule has 0 atom stereocenters. The minimum Gasteiger partial charge on any atom is -0.310 e. The molecule has 3 aromatic rings. The third kappa shape index (κ3) is 2.70. The summed E-state index contributed by atoms with van der Waals surface area (Å²) in [6.45, 7) is 1.98. The van der Waals surface area contributed by atoms with Crippen LogP contribution in [0.2, 0.25) is 0 Å². The van der Waals surface area contributed by atoms with E-state index in [1.54, 1.807) is 0 Å². The van der Waals surface area contributed by atoms with Crippen LogP contribution in [0.15, 0.2) is 54.6 Å². The summed E-state index contributed by atoms with van der Waals surface area (Å²) >= 11 is 0. The normalized spacial score (nSPS) is 10.1. The van der Waals surface area contributed by atoms with Crippen LogP contribution in [-0.2, 0) is 6.54 Å². The highest BCUT2D eigenvalue weighted by Crippen LogP contribution is 2.16. The molecule has 0 amide bonds. The number of hydrogen-bond donors (Lipinski definition) is 0. The van der Waals surface area contributed by atoms with Crippen LogP contribution in [0.3, 0.4) is 0 Å². The summed E-state index contributed by atoms with van der Waals surface area (Å²) in [5.41, 5.74) is 2.72. The Morgan fingerprint density at radius 2 is 1.81 bits per heavy atom. The van der Waals surface area contributed by atoms with Crippen LogP contribution >= 0.6 is 0 Å². The van der Waals surface area contributed by atoms with E-state index in [-0.39, 0.29) is 5.78 Å². The number of fused-ring (bicyclic) bond motifs is 1. The number of imidazole rings is 1. The fourth-order valence-corrected chi connectivity index (χ4v) is 2.25. The summed E-state index contributed by atoms with van der Waals surface area (Å²) in [5.74, 6) is 6.62. The largest absolute Gasteiger partial charge is 0.310 e. The van der Waals surface area contributed by atoms with Crippen molar-refractivity contribution in [3.8, 4) is 11.8 Å². The number of rotatable bonds is 2. The van der Waals surface area contributed by atoms with Crippen LogP contribution in [0.4, 0.5) is 0 Å². The zero-order valence-electron chi connectivity index (χ0n) is 11.7. The number of benzene rings is 2. The molecule has 3 heteroatoms. The quantitative estimate of drug-likeness (QED) is 0.531. The fourth-order valence-electron chi connectivity index (χ4n) is 2.25. The Kier molecular flexibility index (Phi) is 3.53. The molecule has 0 radical (unpaired) electrons. The van der Waals surface area contributed by atoms with Gasteiger partial charge in [-0.15, -0.1) is 0 Å². The van der Waals surface area contributed by atoms with Gasteiger partial charge in [-0.3, -0.25) is 4.79 Å². The number of carbonyl (C=O) groups is 1. The van der Waals surface area contributed by atoms with Crippen molar-refractivity contribution < 1.29 is 4.79 Å². The number of hydrogen-bond acceptors (Lipinski definition) is 2. The summed E-state index contributed by atoms with van der Waals surface area (Å²) in [6, 6.07) is 17.5. The smallest absolute Gasteiger partial charge is 0.195 e. The molecule has 0 bridgehead atoms. The second-order valence-corrected chi connectivity index (χ2v) is 4.73. The maximum Gasteiger partial charge on any atom is 0.195 e. The summed E-state index contributed by atoms with van der Waals surface area (Å²) in [4.78, 5) is 16.1. The Hall–Kier alpha value is -2.86. The third-order valence-electron chi connectivity index (χ3n) is 3.21. The van der Waals surface area contributed by atoms with Crippen LogP contribution in [0.25, 0.3) is 11.0 Å². The first-order valence-corrected chi connectivity index (χ1v) is 6.76. The minimum atomic E-state index is -0.0484. The van der Waals surface area contributed by atoms with Gasteiger partial charge in [0.25, 0.3) is 0 Å². The summed E-state index contributed by atoms with van der Waals surface area (Å²) in [6.07, 6.45) is 0. The molecule has 3 nitrogen and oxygen atoms in total. The Balaban J connectivity index is 1.98. The van der Waals surface area contributed by atoms with Gasteiger partial charge in [0.15, 0.2) is 11.6 Å². The van der Waals surface area contributed by atoms with Crippen LogP contribution in [0.5, 0.6) is 0 Å². The second-order valence-electron chi connectivity index (χ2n) is 4.73. The van der Waals surface area contributed by atoms with E-state index >= 15 is 0 Å². The Morgan fingerprint density at radius 1 is 1.10 bits per heavy atom. The number of Topliss-reactive ketones (excluding diaryl/α,β-unsaturated/α-hetero) is 1. The summed E-state index contributed by atoms with van der Waals surface area (Å²) in [5, 5.41) is 0. The number of carbonyl (C=O) groups excluding carboxylic acids is 1. The molecule has 3 rings (SSSR count). The number of para-hydroxylation sites is 2.